The molecule has 0 aliphatic rings. The largest absolute Gasteiger partial charge is 0.478 e. The fraction of sp³-hybridized carbons (Fsp3) is 0. The number of primary sulfonamides is 1. The molecule has 0 aliphatic heterocycles. The van der Waals surface area contributed by atoms with Gasteiger partial charge in [-0.05, 0) is 12.1 Å². The van der Waals surface area contributed by atoms with Gasteiger partial charge in [0.25, 0.3) is 0 Å². The molecule has 0 radical (unpaired) electrons. The van der Waals surface area contributed by atoms with Crippen LogP contribution >= 0.6 is 0 Å². The van der Waals surface area contributed by atoms with E-state index in [2.05, 4.69) is 0 Å². The van der Waals surface area contributed by atoms with Crippen LogP contribution in [-0.2, 0) is 10.0 Å². The molecule has 0 saturated carbocycles. The molecule has 0 amide bonds. The predicted molar refractivity (Wildman–Crippen MR) is 51.7 cm³/mol. The molecule has 1 aromatic rings. The molecule has 16 heavy (non-hydrogen) atoms. The minimum absolute atomic E-state index is 0.626. The van der Waals surface area contributed by atoms with Gasteiger partial charge in [0.2, 0.25) is 10.0 Å². The van der Waals surface area contributed by atoms with Crippen molar-refractivity contribution in [3.8, 4) is 0 Å². The van der Waals surface area contributed by atoms with Crippen LogP contribution in [-0.4, -0.2) is 30.6 Å². The number of benzene rings is 1. The van der Waals surface area contributed by atoms with Gasteiger partial charge in [0.1, 0.15) is 0 Å². The quantitative estimate of drug-likeness (QED) is 0.670. The second-order valence-corrected chi connectivity index (χ2v) is 4.36. The zero-order valence-corrected chi connectivity index (χ0v) is 8.56. The van der Waals surface area contributed by atoms with Crippen molar-refractivity contribution >= 4 is 22.0 Å². The Morgan fingerprint density at radius 2 is 1.69 bits per heavy atom. The van der Waals surface area contributed by atoms with Gasteiger partial charge in [-0.1, -0.05) is 6.07 Å². The lowest BCUT2D eigenvalue weighted by Crippen LogP contribution is -2.19. The lowest BCUT2D eigenvalue weighted by atomic mass is 10.1. The number of rotatable bonds is 3. The van der Waals surface area contributed by atoms with E-state index in [1.54, 1.807) is 0 Å². The predicted octanol–water partition coefficient (Wildman–Crippen LogP) is -0.270. The summed E-state index contributed by atoms with van der Waals surface area (Å²) in [6.45, 7) is 0. The van der Waals surface area contributed by atoms with Crippen LogP contribution in [0, 0.1) is 0 Å². The van der Waals surface area contributed by atoms with E-state index in [4.69, 9.17) is 15.4 Å². The van der Waals surface area contributed by atoms with Crippen molar-refractivity contribution in [1.82, 2.24) is 0 Å². The Balaban J connectivity index is 3.72. The highest BCUT2D eigenvalue weighted by molar-refractivity contribution is 7.89. The zero-order valence-electron chi connectivity index (χ0n) is 7.75. The molecule has 0 spiro atoms. The molecule has 86 valence electrons. The first-order valence-corrected chi connectivity index (χ1v) is 5.42. The summed E-state index contributed by atoms with van der Waals surface area (Å²) in [6, 6.07) is 3.03. The molecule has 7 nitrogen and oxygen atoms in total. The second kappa shape index (κ2) is 3.91. The number of nitrogens with two attached hydrogens (primary N) is 1. The Hall–Kier alpha value is -1.93. The number of hydrogen-bond acceptors (Lipinski definition) is 4. The first kappa shape index (κ1) is 12.1. The van der Waals surface area contributed by atoms with E-state index >= 15 is 0 Å². The maximum Gasteiger partial charge on any atom is 0.337 e. The maximum atomic E-state index is 11.1. The lowest BCUT2D eigenvalue weighted by molar-refractivity contribution is 0.0648. The van der Waals surface area contributed by atoms with Crippen LogP contribution in [0.2, 0.25) is 0 Å². The molecular weight excluding hydrogens is 238 g/mol. The van der Waals surface area contributed by atoms with Crippen LogP contribution < -0.4 is 5.14 Å². The summed E-state index contributed by atoms with van der Waals surface area (Å²) in [5.41, 5.74) is -1.46. The van der Waals surface area contributed by atoms with Crippen molar-refractivity contribution in [2.45, 2.75) is 4.90 Å². The first-order valence-electron chi connectivity index (χ1n) is 3.87. The SMILES string of the molecule is NS(=O)(=O)c1cccc(C(=O)O)c1C(=O)O. The standard InChI is InChI=1S/C8H7NO6S/c9-16(14,15)5-3-1-2-4(7(10)11)6(5)8(12)13/h1-3H,(H,10,11)(H,12,13)(H2,9,14,15). The highest BCUT2D eigenvalue weighted by Crippen LogP contribution is 2.18. The van der Waals surface area contributed by atoms with Gasteiger partial charge in [0.15, 0.2) is 0 Å². The van der Waals surface area contributed by atoms with E-state index in [9.17, 15) is 18.0 Å². The summed E-state index contributed by atoms with van der Waals surface area (Å²) in [6.07, 6.45) is 0. The van der Waals surface area contributed by atoms with Gasteiger partial charge in [-0.15, -0.1) is 0 Å². The first-order chi connectivity index (χ1) is 7.25. The molecule has 0 aliphatic carbocycles. The summed E-state index contributed by atoms with van der Waals surface area (Å²) in [7, 11) is -4.28. The number of hydrogen-bond donors (Lipinski definition) is 3. The molecule has 1 aromatic carbocycles. The number of carboxylic acids is 2. The number of aromatic carboxylic acids is 2. The van der Waals surface area contributed by atoms with Crippen molar-refractivity contribution in [2.24, 2.45) is 5.14 Å². The fourth-order valence-electron chi connectivity index (χ4n) is 1.17. The van der Waals surface area contributed by atoms with Crippen molar-refractivity contribution < 1.29 is 28.2 Å². The van der Waals surface area contributed by atoms with Crippen LogP contribution in [0.3, 0.4) is 0 Å². The van der Waals surface area contributed by atoms with Crippen LogP contribution in [0.1, 0.15) is 20.7 Å². The van der Waals surface area contributed by atoms with E-state index in [1.807, 2.05) is 0 Å². The smallest absolute Gasteiger partial charge is 0.337 e. The minimum Gasteiger partial charge on any atom is -0.478 e. The second-order valence-electron chi connectivity index (χ2n) is 2.83. The van der Waals surface area contributed by atoms with Crippen molar-refractivity contribution in [1.29, 1.82) is 0 Å². The molecule has 0 fully saturated rings. The van der Waals surface area contributed by atoms with Crippen LogP contribution in [0.25, 0.3) is 0 Å². The Morgan fingerprint density at radius 1 is 1.12 bits per heavy atom. The maximum absolute atomic E-state index is 11.1. The van der Waals surface area contributed by atoms with Gasteiger partial charge >= 0.3 is 11.9 Å². The van der Waals surface area contributed by atoms with Gasteiger partial charge in [0, 0.05) is 0 Å². The number of sulfonamides is 1. The highest BCUT2D eigenvalue weighted by Gasteiger charge is 2.25. The lowest BCUT2D eigenvalue weighted by Gasteiger charge is -2.06. The molecule has 8 heteroatoms. The van der Waals surface area contributed by atoms with E-state index in [1.165, 1.54) is 0 Å². The fourth-order valence-corrected chi connectivity index (χ4v) is 1.92. The van der Waals surface area contributed by atoms with Gasteiger partial charge in [-0.2, -0.15) is 0 Å². The summed E-state index contributed by atoms with van der Waals surface area (Å²) in [5, 5.41) is 22.3. The topological polar surface area (TPSA) is 135 Å². The van der Waals surface area contributed by atoms with Crippen molar-refractivity contribution in [3.63, 3.8) is 0 Å². The van der Waals surface area contributed by atoms with Crippen LogP contribution in [0.4, 0.5) is 0 Å². The average molecular weight is 245 g/mol. The van der Waals surface area contributed by atoms with E-state index < -0.39 is 38.0 Å². The molecule has 0 aromatic heterocycles. The number of carbonyl (C=O) groups is 2. The zero-order chi connectivity index (χ0) is 12.5. The average Bonchev–Trinajstić information content (AvgIpc) is 2.14. The monoisotopic (exact) mass is 245 g/mol. The molecule has 4 N–H and O–H groups in total. The van der Waals surface area contributed by atoms with Crippen molar-refractivity contribution in [2.75, 3.05) is 0 Å². The normalized spacial score (nSPS) is 11.1. The van der Waals surface area contributed by atoms with Crippen molar-refractivity contribution in [3.05, 3.63) is 29.3 Å². The summed E-state index contributed by atoms with van der Waals surface area (Å²) >= 11 is 0. The van der Waals surface area contributed by atoms with Crippen LogP contribution in [0.15, 0.2) is 23.1 Å². The molecule has 0 heterocycles. The minimum atomic E-state index is -4.28. The van der Waals surface area contributed by atoms with Crippen LogP contribution in [0.5, 0.6) is 0 Å². The summed E-state index contributed by atoms with van der Waals surface area (Å²) in [5.74, 6) is -3.20. The summed E-state index contributed by atoms with van der Waals surface area (Å²) < 4.78 is 22.1. The van der Waals surface area contributed by atoms with Gasteiger partial charge in [-0.3, -0.25) is 0 Å². The van der Waals surface area contributed by atoms with Gasteiger partial charge in [0.05, 0.1) is 16.0 Å². The van der Waals surface area contributed by atoms with E-state index in [-0.39, 0.29) is 0 Å². The van der Waals surface area contributed by atoms with Gasteiger partial charge < -0.3 is 10.2 Å². The number of carboxylic acid groups (broad SMARTS) is 2. The molecule has 1 rings (SSSR count). The van der Waals surface area contributed by atoms with E-state index in [0.29, 0.717) is 0 Å². The van der Waals surface area contributed by atoms with Gasteiger partial charge in [-0.25, -0.2) is 23.1 Å². The molecular formula is C8H7NO6S. The molecule has 0 saturated heterocycles. The highest BCUT2D eigenvalue weighted by atomic mass is 32.2. The Morgan fingerprint density at radius 3 is 2.06 bits per heavy atom. The summed E-state index contributed by atoms with van der Waals surface area (Å²) in [4.78, 5) is 20.8. The third kappa shape index (κ3) is 2.18. The third-order valence-electron chi connectivity index (χ3n) is 1.78. The molecule has 0 atom stereocenters. The Kier molecular flexibility index (Phi) is 2.97. The Bertz CT molecular complexity index is 562. The third-order valence-corrected chi connectivity index (χ3v) is 2.73. The molecule has 0 bridgehead atoms. The molecule has 0 unspecified atom stereocenters. The van der Waals surface area contributed by atoms with E-state index in [0.717, 1.165) is 18.2 Å². The Labute approximate surface area is 90.2 Å².